The van der Waals surface area contributed by atoms with Crippen molar-refractivity contribution in [3.63, 3.8) is 0 Å². The quantitative estimate of drug-likeness (QED) is 0.793. The predicted octanol–water partition coefficient (Wildman–Crippen LogP) is 1.15. The van der Waals surface area contributed by atoms with Crippen LogP contribution in [0.25, 0.3) is 0 Å². The number of carbonyl (C=O) groups is 1. The van der Waals surface area contributed by atoms with Crippen LogP contribution in [0.5, 0.6) is 0 Å². The lowest BCUT2D eigenvalue weighted by Crippen LogP contribution is -2.35. The zero-order valence-corrected chi connectivity index (χ0v) is 13.2. The molecule has 0 bridgehead atoms. The molecule has 2 N–H and O–H groups in total. The Balaban J connectivity index is 1.81. The molecule has 5 nitrogen and oxygen atoms in total. The van der Waals surface area contributed by atoms with Crippen LogP contribution >= 0.6 is 0 Å². The van der Waals surface area contributed by atoms with Gasteiger partial charge in [-0.15, -0.1) is 0 Å². The largest absolute Gasteiger partial charge is 0.355 e. The van der Waals surface area contributed by atoms with E-state index in [1.165, 1.54) is 11.1 Å². The normalized spacial score (nSPS) is 21.0. The average molecular weight is 310 g/mol. The van der Waals surface area contributed by atoms with Crippen molar-refractivity contribution in [3.8, 4) is 0 Å². The molecule has 0 aliphatic heterocycles. The van der Waals surface area contributed by atoms with Gasteiger partial charge in [0.1, 0.15) is 0 Å². The van der Waals surface area contributed by atoms with Crippen LogP contribution < -0.4 is 10.0 Å². The molecule has 1 amide bonds. The molecule has 1 aromatic rings. The second kappa shape index (κ2) is 6.58. The SMILES string of the molecule is CCNS(=O)(=O)CCNC(=O)C1CC1c1ccccc1C. The van der Waals surface area contributed by atoms with Gasteiger partial charge in [-0.05, 0) is 30.4 Å². The molecule has 1 saturated carbocycles. The second-order valence-electron chi connectivity index (χ2n) is 5.41. The van der Waals surface area contributed by atoms with E-state index in [0.29, 0.717) is 6.54 Å². The summed E-state index contributed by atoms with van der Waals surface area (Å²) in [6.45, 7) is 4.30. The Hall–Kier alpha value is -1.40. The van der Waals surface area contributed by atoms with Crippen LogP contribution in [0.3, 0.4) is 0 Å². The Morgan fingerprint density at radius 3 is 2.71 bits per heavy atom. The van der Waals surface area contributed by atoms with Gasteiger partial charge in [0.15, 0.2) is 0 Å². The van der Waals surface area contributed by atoms with Crippen LogP contribution in [0.2, 0.25) is 0 Å². The minimum Gasteiger partial charge on any atom is -0.355 e. The highest BCUT2D eigenvalue weighted by molar-refractivity contribution is 7.89. The van der Waals surface area contributed by atoms with E-state index < -0.39 is 10.0 Å². The number of amides is 1. The molecule has 0 aromatic heterocycles. The molecule has 1 fully saturated rings. The fourth-order valence-corrected chi connectivity index (χ4v) is 3.52. The van der Waals surface area contributed by atoms with Crippen molar-refractivity contribution in [2.24, 2.45) is 5.92 Å². The Labute approximate surface area is 126 Å². The van der Waals surface area contributed by atoms with Gasteiger partial charge in [-0.1, -0.05) is 31.2 Å². The van der Waals surface area contributed by atoms with Crippen LogP contribution in [0.1, 0.15) is 30.4 Å². The first-order chi connectivity index (χ1) is 9.94. The van der Waals surface area contributed by atoms with Crippen LogP contribution in [0.15, 0.2) is 24.3 Å². The van der Waals surface area contributed by atoms with Crippen molar-refractivity contribution in [2.45, 2.75) is 26.2 Å². The summed E-state index contributed by atoms with van der Waals surface area (Å²) in [7, 11) is -3.27. The van der Waals surface area contributed by atoms with Gasteiger partial charge in [-0.3, -0.25) is 4.79 Å². The van der Waals surface area contributed by atoms with Gasteiger partial charge in [-0.25, -0.2) is 13.1 Å². The summed E-state index contributed by atoms with van der Waals surface area (Å²) >= 11 is 0. The summed E-state index contributed by atoms with van der Waals surface area (Å²) in [4.78, 5) is 12.0. The molecule has 2 atom stereocenters. The Bertz CT molecular complexity index is 613. The molecular formula is C15H22N2O3S. The first-order valence-electron chi connectivity index (χ1n) is 7.25. The van der Waals surface area contributed by atoms with Crippen molar-refractivity contribution in [1.82, 2.24) is 10.0 Å². The summed E-state index contributed by atoms with van der Waals surface area (Å²) in [5.41, 5.74) is 2.42. The molecule has 1 aromatic carbocycles. The number of rotatable bonds is 7. The van der Waals surface area contributed by atoms with Crippen LogP contribution in [0, 0.1) is 12.8 Å². The van der Waals surface area contributed by atoms with Crippen molar-refractivity contribution >= 4 is 15.9 Å². The lowest BCUT2D eigenvalue weighted by atomic mass is 10.0. The third kappa shape index (κ3) is 4.28. The van der Waals surface area contributed by atoms with E-state index in [-0.39, 0.29) is 30.0 Å². The van der Waals surface area contributed by atoms with Crippen molar-refractivity contribution in [3.05, 3.63) is 35.4 Å². The standard InChI is InChI=1S/C15H22N2O3S/c1-3-17-21(19,20)9-8-16-15(18)14-10-13(14)12-7-5-4-6-11(12)2/h4-7,13-14,17H,3,8-10H2,1-2H3,(H,16,18). The highest BCUT2D eigenvalue weighted by Gasteiger charge is 2.44. The van der Waals surface area contributed by atoms with Gasteiger partial charge in [0, 0.05) is 19.0 Å². The number of benzene rings is 1. The Morgan fingerprint density at radius 2 is 2.05 bits per heavy atom. The van der Waals surface area contributed by atoms with Gasteiger partial charge in [0.2, 0.25) is 15.9 Å². The fourth-order valence-electron chi connectivity index (χ4n) is 2.56. The summed E-state index contributed by atoms with van der Waals surface area (Å²) in [6.07, 6.45) is 0.844. The zero-order chi connectivity index (χ0) is 15.5. The molecule has 1 aliphatic rings. The van der Waals surface area contributed by atoms with E-state index in [9.17, 15) is 13.2 Å². The van der Waals surface area contributed by atoms with Crippen LogP contribution in [0.4, 0.5) is 0 Å². The number of sulfonamides is 1. The number of carbonyl (C=O) groups excluding carboxylic acids is 1. The number of hydrogen-bond donors (Lipinski definition) is 2. The number of aryl methyl sites for hydroxylation is 1. The van der Waals surface area contributed by atoms with Gasteiger partial charge >= 0.3 is 0 Å². The third-order valence-electron chi connectivity index (χ3n) is 3.75. The molecule has 1 aliphatic carbocycles. The summed E-state index contributed by atoms with van der Waals surface area (Å²) in [6, 6.07) is 8.08. The fraction of sp³-hybridized carbons (Fsp3) is 0.533. The van der Waals surface area contributed by atoms with Gasteiger partial charge in [0.05, 0.1) is 5.75 Å². The van der Waals surface area contributed by atoms with Gasteiger partial charge < -0.3 is 5.32 Å². The van der Waals surface area contributed by atoms with E-state index in [4.69, 9.17) is 0 Å². The topological polar surface area (TPSA) is 75.3 Å². The monoisotopic (exact) mass is 310 g/mol. The smallest absolute Gasteiger partial charge is 0.223 e. The zero-order valence-electron chi connectivity index (χ0n) is 12.4. The molecule has 0 radical (unpaired) electrons. The van der Waals surface area contributed by atoms with Crippen molar-refractivity contribution in [2.75, 3.05) is 18.8 Å². The maximum absolute atomic E-state index is 12.0. The van der Waals surface area contributed by atoms with E-state index in [1.54, 1.807) is 6.92 Å². The molecule has 6 heteroatoms. The minimum atomic E-state index is -3.27. The van der Waals surface area contributed by atoms with Gasteiger partial charge in [-0.2, -0.15) is 0 Å². The Morgan fingerprint density at radius 1 is 1.33 bits per heavy atom. The maximum Gasteiger partial charge on any atom is 0.223 e. The summed E-state index contributed by atoms with van der Waals surface area (Å²) in [5.74, 6) is 0.133. The molecule has 21 heavy (non-hydrogen) atoms. The first-order valence-corrected chi connectivity index (χ1v) is 8.90. The highest BCUT2D eigenvalue weighted by atomic mass is 32.2. The Kier molecular flexibility index (Phi) is 5.00. The number of hydrogen-bond acceptors (Lipinski definition) is 3. The molecule has 0 saturated heterocycles. The van der Waals surface area contributed by atoms with Gasteiger partial charge in [0.25, 0.3) is 0 Å². The number of nitrogens with one attached hydrogen (secondary N) is 2. The first kappa shape index (κ1) is 16.0. The molecular weight excluding hydrogens is 288 g/mol. The molecule has 2 unspecified atom stereocenters. The average Bonchev–Trinajstić information content (AvgIpc) is 3.19. The minimum absolute atomic E-state index is 0.0204. The predicted molar refractivity (Wildman–Crippen MR) is 82.5 cm³/mol. The van der Waals surface area contributed by atoms with E-state index in [0.717, 1.165) is 6.42 Å². The maximum atomic E-state index is 12.0. The third-order valence-corrected chi connectivity index (χ3v) is 5.22. The van der Waals surface area contributed by atoms with Crippen molar-refractivity contribution < 1.29 is 13.2 Å². The summed E-state index contributed by atoms with van der Waals surface area (Å²) in [5, 5.41) is 2.72. The van der Waals surface area contributed by atoms with Crippen molar-refractivity contribution in [1.29, 1.82) is 0 Å². The van der Waals surface area contributed by atoms with E-state index in [2.05, 4.69) is 16.1 Å². The lowest BCUT2D eigenvalue weighted by molar-refractivity contribution is -0.122. The molecule has 2 rings (SSSR count). The molecule has 0 spiro atoms. The molecule has 116 valence electrons. The molecule has 0 heterocycles. The van der Waals surface area contributed by atoms with E-state index >= 15 is 0 Å². The lowest BCUT2D eigenvalue weighted by Gasteiger charge is -2.07. The summed E-state index contributed by atoms with van der Waals surface area (Å²) < 4.78 is 25.3. The van der Waals surface area contributed by atoms with E-state index in [1.807, 2.05) is 25.1 Å². The highest BCUT2D eigenvalue weighted by Crippen LogP contribution is 2.48. The second-order valence-corrected chi connectivity index (χ2v) is 7.34. The van der Waals surface area contributed by atoms with Crippen LogP contribution in [-0.4, -0.2) is 33.2 Å². The van der Waals surface area contributed by atoms with Crippen LogP contribution in [-0.2, 0) is 14.8 Å².